The summed E-state index contributed by atoms with van der Waals surface area (Å²) < 4.78 is 5.90. The van der Waals surface area contributed by atoms with Crippen LogP contribution in [0.5, 0.6) is 11.5 Å². The van der Waals surface area contributed by atoms with Gasteiger partial charge in [0.15, 0.2) is 22.1 Å². The van der Waals surface area contributed by atoms with Gasteiger partial charge in [0, 0.05) is 23.6 Å². The summed E-state index contributed by atoms with van der Waals surface area (Å²) in [6.07, 6.45) is 1.05. The highest BCUT2D eigenvalue weighted by atomic mass is 79.9. The zero-order valence-corrected chi connectivity index (χ0v) is 18.5. The summed E-state index contributed by atoms with van der Waals surface area (Å²) in [5, 5.41) is 13.5. The number of anilines is 1. The van der Waals surface area contributed by atoms with Crippen LogP contribution in [0.25, 0.3) is 0 Å². The summed E-state index contributed by atoms with van der Waals surface area (Å²) in [6.45, 7) is 4.09. The Hall–Kier alpha value is -2.39. The number of hydrogen-bond donors (Lipinski definition) is 4. The van der Waals surface area contributed by atoms with Crippen LogP contribution in [0.1, 0.15) is 43.7 Å². The molecule has 2 heterocycles. The van der Waals surface area contributed by atoms with Crippen LogP contribution in [0.4, 0.5) is 5.82 Å². The molecule has 0 bridgehead atoms. The molecule has 1 atom stereocenters. The summed E-state index contributed by atoms with van der Waals surface area (Å²) in [6, 6.07) is 3.36. The van der Waals surface area contributed by atoms with Gasteiger partial charge < -0.3 is 20.1 Å². The molecule has 0 spiro atoms. The van der Waals surface area contributed by atoms with Crippen molar-refractivity contribution in [1.82, 2.24) is 9.97 Å². The van der Waals surface area contributed by atoms with Gasteiger partial charge in [0.25, 0.3) is 5.56 Å². The van der Waals surface area contributed by atoms with Gasteiger partial charge >= 0.3 is 0 Å². The molecule has 152 valence electrons. The van der Waals surface area contributed by atoms with E-state index in [1.54, 1.807) is 12.1 Å². The van der Waals surface area contributed by atoms with E-state index >= 15 is 0 Å². The third-order valence-corrected chi connectivity index (χ3v) is 6.17. The van der Waals surface area contributed by atoms with Crippen LogP contribution < -0.4 is 15.6 Å². The molecule has 29 heavy (non-hydrogen) atoms. The number of ketones is 1. The number of Topliss-reactive ketones (excluding diaryl/α,β-unsaturated/α-hetero) is 1. The molecular weight excluding hydrogens is 458 g/mol. The number of halogens is 1. The first kappa shape index (κ1) is 19.9. The number of methoxy groups -OCH3 is 1. The summed E-state index contributed by atoms with van der Waals surface area (Å²) in [5.41, 5.74) is 1.82. The molecule has 2 aromatic rings. The molecule has 1 aliphatic heterocycles. The Balaban J connectivity index is 2.04. The lowest BCUT2D eigenvalue weighted by Crippen LogP contribution is -2.36. The molecular formula is C20H20BrN3O4S. The fourth-order valence-electron chi connectivity index (χ4n) is 4.20. The Bertz CT molecular complexity index is 1200. The number of nitrogens with one attached hydrogen (secondary N) is 3. The van der Waals surface area contributed by atoms with Crippen LogP contribution in [0.3, 0.4) is 0 Å². The Labute approximate surface area is 180 Å². The van der Waals surface area contributed by atoms with Gasteiger partial charge in [-0.1, -0.05) is 13.8 Å². The molecule has 0 unspecified atom stereocenters. The molecule has 4 N–H and O–H groups in total. The van der Waals surface area contributed by atoms with Gasteiger partial charge in [0.05, 0.1) is 17.1 Å². The van der Waals surface area contributed by atoms with Gasteiger partial charge in [-0.25, -0.2) is 0 Å². The number of hydrogen-bond acceptors (Lipinski definition) is 6. The number of aromatic amines is 2. The third-order valence-electron chi connectivity index (χ3n) is 5.36. The highest BCUT2D eigenvalue weighted by molar-refractivity contribution is 9.10. The molecule has 0 radical (unpaired) electrons. The lowest BCUT2D eigenvalue weighted by Gasteiger charge is -2.38. The minimum absolute atomic E-state index is 0.00980. The first-order valence-electron chi connectivity index (χ1n) is 9.07. The van der Waals surface area contributed by atoms with E-state index in [1.807, 2.05) is 13.8 Å². The topological polar surface area (TPSA) is 107 Å². The second-order valence-electron chi connectivity index (χ2n) is 8.14. The van der Waals surface area contributed by atoms with Crippen molar-refractivity contribution in [1.29, 1.82) is 0 Å². The number of aromatic hydroxyl groups is 1. The van der Waals surface area contributed by atoms with E-state index in [-0.39, 0.29) is 33.0 Å². The van der Waals surface area contributed by atoms with Crippen molar-refractivity contribution in [2.45, 2.75) is 32.6 Å². The van der Waals surface area contributed by atoms with E-state index in [9.17, 15) is 14.7 Å². The van der Waals surface area contributed by atoms with Crippen LogP contribution in [0.2, 0.25) is 0 Å². The van der Waals surface area contributed by atoms with Gasteiger partial charge in [-0.3, -0.25) is 14.6 Å². The van der Waals surface area contributed by atoms with Crippen molar-refractivity contribution in [3.63, 3.8) is 0 Å². The Morgan fingerprint density at radius 1 is 1.24 bits per heavy atom. The summed E-state index contributed by atoms with van der Waals surface area (Å²) >= 11 is 8.48. The maximum Gasteiger partial charge on any atom is 0.257 e. The minimum Gasteiger partial charge on any atom is -0.503 e. The second-order valence-corrected chi connectivity index (χ2v) is 9.40. The van der Waals surface area contributed by atoms with Crippen LogP contribution in [-0.2, 0) is 4.79 Å². The molecule has 1 aromatic heterocycles. The normalized spacial score (nSPS) is 20.0. The van der Waals surface area contributed by atoms with Crippen LogP contribution >= 0.6 is 28.1 Å². The third kappa shape index (κ3) is 3.32. The first-order valence-corrected chi connectivity index (χ1v) is 10.3. The molecule has 2 aliphatic rings. The number of benzene rings is 1. The SMILES string of the molecule is COc1cc([C@@H]2C3=C(CC(C)(C)CC3=O)Nc3[nH]c(=S)[nH]c(=O)c32)cc(Br)c1O. The van der Waals surface area contributed by atoms with E-state index in [0.717, 1.165) is 5.70 Å². The molecule has 4 rings (SSSR count). The van der Waals surface area contributed by atoms with E-state index in [0.29, 0.717) is 39.8 Å². The van der Waals surface area contributed by atoms with Crippen LogP contribution in [-0.4, -0.2) is 28.0 Å². The Kier molecular flexibility index (Phi) is 4.70. The van der Waals surface area contributed by atoms with E-state index in [4.69, 9.17) is 17.0 Å². The second kappa shape index (κ2) is 6.84. The Morgan fingerprint density at radius 2 is 1.97 bits per heavy atom. The van der Waals surface area contributed by atoms with Crippen molar-refractivity contribution in [2.75, 3.05) is 12.4 Å². The van der Waals surface area contributed by atoms with Gasteiger partial charge in [0.1, 0.15) is 5.82 Å². The summed E-state index contributed by atoms with van der Waals surface area (Å²) in [4.78, 5) is 31.7. The maximum atomic E-state index is 13.2. The van der Waals surface area contributed by atoms with E-state index < -0.39 is 5.92 Å². The van der Waals surface area contributed by atoms with Crippen molar-refractivity contribution in [3.05, 3.63) is 54.1 Å². The van der Waals surface area contributed by atoms with Gasteiger partial charge in [-0.2, -0.15) is 0 Å². The number of rotatable bonds is 2. The van der Waals surface area contributed by atoms with Crippen molar-refractivity contribution in [2.24, 2.45) is 5.41 Å². The smallest absolute Gasteiger partial charge is 0.257 e. The predicted octanol–water partition coefficient (Wildman–Crippen LogP) is 4.11. The fourth-order valence-corrected chi connectivity index (χ4v) is 4.85. The largest absolute Gasteiger partial charge is 0.503 e. The zero-order valence-electron chi connectivity index (χ0n) is 16.1. The molecule has 9 heteroatoms. The number of H-pyrrole nitrogens is 2. The fraction of sp³-hybridized carbons (Fsp3) is 0.350. The Morgan fingerprint density at radius 3 is 2.66 bits per heavy atom. The van der Waals surface area contributed by atoms with E-state index in [2.05, 4.69) is 31.2 Å². The number of fused-ring (bicyclic) bond motifs is 1. The molecule has 1 aromatic carbocycles. The average Bonchev–Trinajstić information content (AvgIpc) is 2.60. The number of carbonyl (C=O) groups excluding carboxylic acids is 1. The molecule has 7 nitrogen and oxygen atoms in total. The van der Waals surface area contributed by atoms with Gasteiger partial charge in [-0.05, 0) is 57.7 Å². The maximum absolute atomic E-state index is 13.2. The van der Waals surface area contributed by atoms with Crippen LogP contribution in [0, 0.1) is 10.2 Å². The average molecular weight is 478 g/mol. The lowest BCUT2D eigenvalue weighted by molar-refractivity contribution is -0.118. The number of phenolic OH excluding ortho intramolecular Hbond substituents is 1. The van der Waals surface area contributed by atoms with Crippen molar-refractivity contribution in [3.8, 4) is 11.5 Å². The van der Waals surface area contributed by atoms with Crippen molar-refractivity contribution < 1.29 is 14.6 Å². The molecule has 0 saturated carbocycles. The number of allylic oxidation sites excluding steroid dienone is 2. The van der Waals surface area contributed by atoms with Crippen LogP contribution in [0.15, 0.2) is 32.7 Å². The number of ether oxygens (including phenoxy) is 1. The minimum atomic E-state index is -0.619. The molecule has 0 fully saturated rings. The highest BCUT2D eigenvalue weighted by Gasteiger charge is 2.42. The summed E-state index contributed by atoms with van der Waals surface area (Å²) in [7, 11) is 1.45. The van der Waals surface area contributed by atoms with Crippen molar-refractivity contribution >= 4 is 39.7 Å². The van der Waals surface area contributed by atoms with Gasteiger partial charge in [-0.15, -0.1) is 0 Å². The number of phenols is 1. The molecule has 0 amide bonds. The highest BCUT2D eigenvalue weighted by Crippen LogP contribution is 2.49. The monoisotopic (exact) mass is 477 g/mol. The number of aromatic nitrogens is 2. The standard InChI is InChI=1S/C20H20BrN3O4S/c1-20(2)6-10-14(11(25)7-20)13(8-4-9(21)16(26)12(5-8)28-3)15-17(22-10)23-19(29)24-18(15)27/h4-5,13,26H,6-7H2,1-3H3,(H3,22,23,24,27,29)/t13-/m1/s1. The first-order chi connectivity index (χ1) is 13.6. The quantitative estimate of drug-likeness (QED) is 0.484. The molecule has 1 aliphatic carbocycles. The predicted molar refractivity (Wildman–Crippen MR) is 115 cm³/mol. The zero-order chi connectivity index (χ0) is 21.1. The lowest BCUT2D eigenvalue weighted by atomic mass is 9.69. The van der Waals surface area contributed by atoms with Gasteiger partial charge in [0.2, 0.25) is 0 Å². The molecule has 0 saturated heterocycles. The summed E-state index contributed by atoms with van der Waals surface area (Å²) in [5.74, 6) is 0.0596. The van der Waals surface area contributed by atoms with E-state index in [1.165, 1.54) is 7.11 Å². The number of carbonyl (C=O) groups is 1.